The first-order chi connectivity index (χ1) is 15.5. The largest absolute Gasteiger partial charge is 0.497 e. The van der Waals surface area contributed by atoms with Crippen LogP contribution in [0, 0.1) is 22.7 Å². The first-order valence-corrected chi connectivity index (χ1v) is 10.7. The van der Waals surface area contributed by atoms with E-state index in [1.165, 1.54) is 11.8 Å². The molecule has 32 heavy (non-hydrogen) atoms. The standard InChI is InChI=1S/C24H20N4O3S/c1-3-31-18-10-6-16(7-11-18)22-19(12-25)23(27)28-24(20(22)13-26)32-14-21(29)15-4-8-17(30-2)9-5-15/h4-11H,3,14H2,1-2H3,(H2,27,28)/p+1. The number of Topliss-reactive ketones (excluding diaryl/α,β-unsaturated/α-hetero) is 1. The van der Waals surface area contributed by atoms with Gasteiger partial charge in [0.15, 0.2) is 10.8 Å². The Morgan fingerprint density at radius 3 is 2.22 bits per heavy atom. The molecule has 0 aliphatic rings. The van der Waals surface area contributed by atoms with Crippen molar-refractivity contribution in [2.45, 2.75) is 11.9 Å². The lowest BCUT2D eigenvalue weighted by Crippen LogP contribution is -2.19. The number of anilines is 1. The van der Waals surface area contributed by atoms with Gasteiger partial charge in [0, 0.05) is 11.1 Å². The average Bonchev–Trinajstić information content (AvgIpc) is 2.82. The highest BCUT2D eigenvalue weighted by atomic mass is 32.2. The highest BCUT2D eigenvalue weighted by Crippen LogP contribution is 2.34. The summed E-state index contributed by atoms with van der Waals surface area (Å²) in [6.45, 7) is 2.42. The third kappa shape index (κ3) is 4.83. The summed E-state index contributed by atoms with van der Waals surface area (Å²) < 4.78 is 10.6. The molecular formula is C24H21N4O3S+. The summed E-state index contributed by atoms with van der Waals surface area (Å²) in [6, 6.07) is 18.2. The molecule has 0 amide bonds. The van der Waals surface area contributed by atoms with Crippen molar-refractivity contribution in [3.63, 3.8) is 0 Å². The van der Waals surface area contributed by atoms with Crippen LogP contribution in [0.15, 0.2) is 53.6 Å². The topological polar surface area (TPSA) is 123 Å². The predicted molar refractivity (Wildman–Crippen MR) is 121 cm³/mol. The van der Waals surface area contributed by atoms with Gasteiger partial charge in [0.05, 0.1) is 19.5 Å². The minimum absolute atomic E-state index is 0.0889. The molecule has 0 aliphatic carbocycles. The van der Waals surface area contributed by atoms with Crippen molar-refractivity contribution in [3.05, 3.63) is 65.2 Å². The normalized spacial score (nSPS) is 10.1. The van der Waals surface area contributed by atoms with Crippen LogP contribution >= 0.6 is 11.8 Å². The summed E-state index contributed by atoms with van der Waals surface area (Å²) in [5.74, 6) is 1.46. The maximum Gasteiger partial charge on any atom is 0.289 e. The van der Waals surface area contributed by atoms with Crippen LogP contribution in [0.25, 0.3) is 11.1 Å². The highest BCUT2D eigenvalue weighted by molar-refractivity contribution is 7.99. The Morgan fingerprint density at radius 1 is 1.03 bits per heavy atom. The number of nitrogens with two attached hydrogens (primary N) is 1. The molecule has 3 N–H and O–H groups in total. The fourth-order valence-electron chi connectivity index (χ4n) is 3.12. The van der Waals surface area contributed by atoms with E-state index >= 15 is 0 Å². The molecule has 7 nitrogen and oxygen atoms in total. The number of nitriles is 2. The summed E-state index contributed by atoms with van der Waals surface area (Å²) >= 11 is 1.17. The average molecular weight is 446 g/mol. The van der Waals surface area contributed by atoms with Crippen molar-refractivity contribution in [3.8, 4) is 34.8 Å². The predicted octanol–water partition coefficient (Wildman–Crippen LogP) is 3.88. The number of nitrogens with one attached hydrogen (secondary N) is 1. The van der Waals surface area contributed by atoms with Gasteiger partial charge in [0.2, 0.25) is 0 Å². The van der Waals surface area contributed by atoms with Gasteiger partial charge < -0.3 is 9.47 Å². The minimum atomic E-state index is -0.111. The van der Waals surface area contributed by atoms with Gasteiger partial charge in [-0.25, -0.2) is 4.98 Å². The van der Waals surface area contributed by atoms with E-state index in [2.05, 4.69) is 17.1 Å². The summed E-state index contributed by atoms with van der Waals surface area (Å²) in [5, 5.41) is 20.0. The van der Waals surface area contributed by atoms with E-state index in [-0.39, 0.29) is 28.5 Å². The zero-order valence-corrected chi connectivity index (χ0v) is 18.5. The van der Waals surface area contributed by atoms with E-state index < -0.39 is 0 Å². The number of hydrogen-bond donors (Lipinski definition) is 1. The number of aromatic amines is 1. The Kier molecular flexibility index (Phi) is 7.33. The van der Waals surface area contributed by atoms with Crippen molar-refractivity contribution in [1.82, 2.24) is 0 Å². The van der Waals surface area contributed by atoms with Crippen LogP contribution < -0.4 is 20.2 Å². The van der Waals surface area contributed by atoms with Crippen LogP contribution in [0.3, 0.4) is 0 Å². The molecule has 0 spiro atoms. The number of nitrogen functional groups attached to an aromatic ring is 1. The number of rotatable bonds is 8. The molecule has 0 saturated carbocycles. The third-order valence-electron chi connectivity index (χ3n) is 4.68. The second-order valence-corrected chi connectivity index (χ2v) is 7.60. The fourth-order valence-corrected chi connectivity index (χ4v) is 4.04. The monoisotopic (exact) mass is 445 g/mol. The van der Waals surface area contributed by atoms with Crippen LogP contribution in [0.4, 0.5) is 5.82 Å². The number of pyridine rings is 1. The third-order valence-corrected chi connectivity index (χ3v) is 5.68. The lowest BCUT2D eigenvalue weighted by molar-refractivity contribution is -0.410. The van der Waals surface area contributed by atoms with Crippen molar-refractivity contribution in [2.75, 3.05) is 25.2 Å². The first kappa shape index (κ1) is 22.7. The molecular weight excluding hydrogens is 424 g/mol. The van der Waals surface area contributed by atoms with Crippen molar-refractivity contribution >= 4 is 23.4 Å². The van der Waals surface area contributed by atoms with Gasteiger partial charge in [-0.3, -0.25) is 10.5 Å². The van der Waals surface area contributed by atoms with Gasteiger partial charge in [0.25, 0.3) is 5.82 Å². The quantitative estimate of drug-likeness (QED) is 0.412. The SMILES string of the molecule is CCOc1ccc(-c2c(C#N)c(N)[nH+]c(SCC(=O)c3ccc(OC)cc3)c2C#N)cc1. The Balaban J connectivity index is 1.95. The van der Waals surface area contributed by atoms with Gasteiger partial charge in [-0.15, -0.1) is 0 Å². The Morgan fingerprint density at radius 2 is 1.66 bits per heavy atom. The molecule has 0 bridgehead atoms. The van der Waals surface area contributed by atoms with Crippen molar-refractivity contribution < 1.29 is 19.3 Å². The van der Waals surface area contributed by atoms with E-state index in [4.69, 9.17) is 15.2 Å². The van der Waals surface area contributed by atoms with E-state index in [0.29, 0.717) is 39.8 Å². The van der Waals surface area contributed by atoms with Gasteiger partial charge in [-0.05, 0) is 48.9 Å². The lowest BCUT2D eigenvalue weighted by atomic mass is 9.97. The number of aromatic nitrogens is 1. The van der Waals surface area contributed by atoms with Crippen LogP contribution in [0.5, 0.6) is 11.5 Å². The van der Waals surface area contributed by atoms with E-state index in [1.54, 1.807) is 55.6 Å². The first-order valence-electron chi connectivity index (χ1n) is 9.74. The maximum absolute atomic E-state index is 12.6. The molecule has 0 radical (unpaired) electrons. The number of ketones is 1. The van der Waals surface area contributed by atoms with Crippen LogP contribution in [-0.4, -0.2) is 25.3 Å². The number of ether oxygens (including phenoxy) is 2. The van der Waals surface area contributed by atoms with Crippen molar-refractivity contribution in [1.29, 1.82) is 10.5 Å². The number of nitrogens with zero attached hydrogens (tertiary/aromatic N) is 2. The Labute approximate surface area is 190 Å². The second kappa shape index (κ2) is 10.3. The number of methoxy groups -OCH3 is 1. The number of carbonyl (C=O) groups is 1. The molecule has 0 atom stereocenters. The van der Waals surface area contributed by atoms with Crippen LogP contribution in [0.2, 0.25) is 0 Å². The Bertz CT molecular complexity index is 1210. The molecule has 0 fully saturated rings. The fraction of sp³-hybridized carbons (Fsp3) is 0.167. The number of benzene rings is 2. The zero-order valence-electron chi connectivity index (χ0n) is 17.6. The molecule has 160 valence electrons. The van der Waals surface area contributed by atoms with E-state index in [1.807, 2.05) is 6.92 Å². The molecule has 1 aromatic heterocycles. The molecule has 0 saturated heterocycles. The Hall–Kier alpha value is -4.01. The number of H-pyrrole nitrogens is 1. The van der Waals surface area contributed by atoms with Gasteiger partial charge in [0.1, 0.15) is 34.8 Å². The number of carbonyl (C=O) groups excluding carboxylic acids is 1. The maximum atomic E-state index is 12.6. The molecule has 2 aromatic carbocycles. The molecule has 8 heteroatoms. The highest BCUT2D eigenvalue weighted by Gasteiger charge is 2.24. The number of thioether (sulfide) groups is 1. The molecule has 0 unspecified atom stereocenters. The van der Waals surface area contributed by atoms with Gasteiger partial charge in [-0.1, -0.05) is 23.9 Å². The van der Waals surface area contributed by atoms with E-state index in [9.17, 15) is 15.3 Å². The van der Waals surface area contributed by atoms with Gasteiger partial charge in [-0.2, -0.15) is 10.5 Å². The summed E-state index contributed by atoms with van der Waals surface area (Å²) in [4.78, 5) is 15.5. The molecule has 3 aromatic rings. The summed E-state index contributed by atoms with van der Waals surface area (Å²) in [5.41, 5.74) is 8.15. The van der Waals surface area contributed by atoms with Crippen molar-refractivity contribution in [2.24, 2.45) is 0 Å². The smallest absolute Gasteiger partial charge is 0.289 e. The van der Waals surface area contributed by atoms with Gasteiger partial charge >= 0.3 is 0 Å². The molecule has 3 rings (SSSR count). The lowest BCUT2D eigenvalue weighted by Gasteiger charge is -2.11. The van der Waals surface area contributed by atoms with Crippen LogP contribution in [-0.2, 0) is 0 Å². The zero-order chi connectivity index (χ0) is 23.1. The summed E-state index contributed by atoms with van der Waals surface area (Å²) in [7, 11) is 1.56. The van der Waals surface area contributed by atoms with E-state index in [0.717, 1.165) is 0 Å². The summed E-state index contributed by atoms with van der Waals surface area (Å²) in [6.07, 6.45) is 0. The molecule has 1 heterocycles. The second-order valence-electron chi connectivity index (χ2n) is 6.61. The minimum Gasteiger partial charge on any atom is -0.497 e. The molecule has 0 aliphatic heterocycles. The number of hydrogen-bond acceptors (Lipinski definition) is 7. The van der Waals surface area contributed by atoms with Crippen LogP contribution in [0.1, 0.15) is 28.4 Å².